The molecular formula is C23H19BrN2O4S. The van der Waals surface area contributed by atoms with E-state index in [1.54, 1.807) is 19.2 Å². The van der Waals surface area contributed by atoms with E-state index >= 15 is 0 Å². The number of aryl methyl sites for hydroxylation is 1. The fraction of sp³-hybridized carbons (Fsp3) is 0.0870. The molecule has 1 heterocycles. The van der Waals surface area contributed by atoms with Crippen LogP contribution in [0.3, 0.4) is 0 Å². The van der Waals surface area contributed by atoms with Crippen LogP contribution in [0.1, 0.15) is 5.69 Å². The number of halogens is 1. The van der Waals surface area contributed by atoms with E-state index in [4.69, 9.17) is 14.4 Å². The summed E-state index contributed by atoms with van der Waals surface area (Å²) in [6.07, 6.45) is 0. The van der Waals surface area contributed by atoms with Crippen molar-refractivity contribution in [2.75, 3.05) is 7.11 Å². The molecule has 0 saturated carbocycles. The maximum absolute atomic E-state index is 11.6. The molecule has 0 saturated heterocycles. The summed E-state index contributed by atoms with van der Waals surface area (Å²) in [7, 11) is -2.16. The first-order valence-electron chi connectivity index (χ1n) is 9.33. The Bertz CT molecular complexity index is 1350. The smallest absolute Gasteiger partial charge is 0.238 e. The zero-order valence-corrected chi connectivity index (χ0v) is 19.2. The van der Waals surface area contributed by atoms with Crippen LogP contribution in [-0.2, 0) is 10.0 Å². The number of rotatable bonds is 5. The van der Waals surface area contributed by atoms with Gasteiger partial charge in [0.15, 0.2) is 5.76 Å². The lowest BCUT2D eigenvalue weighted by molar-refractivity contribution is 0.416. The Kier molecular flexibility index (Phi) is 5.70. The van der Waals surface area contributed by atoms with E-state index in [0.717, 1.165) is 38.0 Å². The predicted octanol–water partition coefficient (Wildman–Crippen LogP) is 5.40. The molecule has 4 rings (SSSR count). The standard InChI is InChI=1S/C23H19BrN2O4S/c1-14-21(24)23(30-26-14)19-13-12-18(15-8-10-17(11-9-15)31(25,27)28)22(29-2)20(19)16-6-4-3-5-7-16/h3-13H,1-2H3,(H2,25,27,28). The van der Waals surface area contributed by atoms with Gasteiger partial charge in [-0.05, 0) is 58.2 Å². The number of sulfonamides is 1. The number of ether oxygens (including phenoxy) is 1. The average Bonchev–Trinajstić information content (AvgIpc) is 3.11. The molecule has 0 unspecified atom stereocenters. The van der Waals surface area contributed by atoms with Crippen molar-refractivity contribution in [3.05, 3.63) is 76.9 Å². The summed E-state index contributed by atoms with van der Waals surface area (Å²) in [6.45, 7) is 1.86. The molecular weight excluding hydrogens is 480 g/mol. The second-order valence-electron chi connectivity index (χ2n) is 6.92. The van der Waals surface area contributed by atoms with Crippen molar-refractivity contribution in [3.8, 4) is 39.3 Å². The summed E-state index contributed by atoms with van der Waals surface area (Å²) in [6, 6.07) is 20.1. The second kappa shape index (κ2) is 8.30. The van der Waals surface area contributed by atoms with Crippen LogP contribution in [-0.4, -0.2) is 20.7 Å². The van der Waals surface area contributed by atoms with Crippen molar-refractivity contribution >= 4 is 26.0 Å². The highest BCUT2D eigenvalue weighted by Gasteiger charge is 2.23. The van der Waals surface area contributed by atoms with E-state index in [9.17, 15) is 8.42 Å². The molecule has 8 heteroatoms. The van der Waals surface area contributed by atoms with E-state index in [2.05, 4.69) is 21.1 Å². The molecule has 0 bridgehead atoms. The SMILES string of the molecule is COc1c(-c2ccc(S(N)(=O)=O)cc2)ccc(-c2onc(C)c2Br)c1-c1ccccc1. The fourth-order valence-electron chi connectivity index (χ4n) is 3.45. The number of methoxy groups -OCH3 is 1. The Hall–Kier alpha value is -2.94. The minimum Gasteiger partial charge on any atom is -0.495 e. The molecule has 0 radical (unpaired) electrons. The fourth-order valence-corrected chi connectivity index (χ4v) is 4.33. The van der Waals surface area contributed by atoms with Gasteiger partial charge in [-0.15, -0.1) is 0 Å². The molecule has 158 valence electrons. The summed E-state index contributed by atoms with van der Waals surface area (Å²) >= 11 is 3.56. The van der Waals surface area contributed by atoms with Gasteiger partial charge in [0.05, 0.1) is 22.2 Å². The van der Waals surface area contributed by atoms with Gasteiger partial charge in [-0.25, -0.2) is 13.6 Å². The zero-order valence-electron chi connectivity index (χ0n) is 16.8. The topological polar surface area (TPSA) is 95.4 Å². The monoisotopic (exact) mass is 498 g/mol. The minimum absolute atomic E-state index is 0.0520. The van der Waals surface area contributed by atoms with Gasteiger partial charge in [-0.2, -0.15) is 0 Å². The lowest BCUT2D eigenvalue weighted by Gasteiger charge is -2.18. The highest BCUT2D eigenvalue weighted by Crippen LogP contribution is 2.46. The van der Waals surface area contributed by atoms with Crippen LogP contribution in [0.15, 0.2) is 80.6 Å². The predicted molar refractivity (Wildman–Crippen MR) is 123 cm³/mol. The molecule has 0 aliphatic heterocycles. The Balaban J connectivity index is 1.98. The maximum atomic E-state index is 11.6. The molecule has 31 heavy (non-hydrogen) atoms. The minimum atomic E-state index is -3.77. The number of primary sulfonamides is 1. The summed E-state index contributed by atoms with van der Waals surface area (Å²) in [4.78, 5) is 0.0520. The first-order valence-corrected chi connectivity index (χ1v) is 11.7. The normalized spacial score (nSPS) is 11.5. The second-order valence-corrected chi connectivity index (χ2v) is 9.27. The summed E-state index contributed by atoms with van der Waals surface area (Å²) < 4.78 is 35.5. The van der Waals surface area contributed by atoms with Gasteiger partial charge in [0.1, 0.15) is 5.75 Å². The van der Waals surface area contributed by atoms with Gasteiger partial charge in [0, 0.05) is 16.7 Å². The molecule has 0 aliphatic rings. The Morgan fingerprint density at radius 2 is 1.58 bits per heavy atom. The van der Waals surface area contributed by atoms with E-state index < -0.39 is 10.0 Å². The third-order valence-electron chi connectivity index (χ3n) is 4.95. The van der Waals surface area contributed by atoms with Crippen LogP contribution in [0, 0.1) is 6.92 Å². The van der Waals surface area contributed by atoms with Crippen LogP contribution >= 0.6 is 15.9 Å². The van der Waals surface area contributed by atoms with Gasteiger partial charge >= 0.3 is 0 Å². The van der Waals surface area contributed by atoms with Gasteiger partial charge in [0.2, 0.25) is 10.0 Å². The highest BCUT2D eigenvalue weighted by atomic mass is 79.9. The average molecular weight is 499 g/mol. The van der Waals surface area contributed by atoms with Crippen molar-refractivity contribution < 1.29 is 17.7 Å². The van der Waals surface area contributed by atoms with Gasteiger partial charge in [-0.3, -0.25) is 0 Å². The van der Waals surface area contributed by atoms with Crippen molar-refractivity contribution in [2.24, 2.45) is 5.14 Å². The molecule has 0 aliphatic carbocycles. The molecule has 0 spiro atoms. The lowest BCUT2D eigenvalue weighted by Crippen LogP contribution is -2.11. The summed E-state index contributed by atoms with van der Waals surface area (Å²) in [5, 5.41) is 9.29. The van der Waals surface area contributed by atoms with Crippen LogP contribution in [0.5, 0.6) is 5.75 Å². The zero-order chi connectivity index (χ0) is 22.2. The van der Waals surface area contributed by atoms with Crippen molar-refractivity contribution in [1.29, 1.82) is 0 Å². The molecule has 3 aromatic carbocycles. The lowest BCUT2D eigenvalue weighted by atomic mass is 9.92. The number of hydrogen-bond donors (Lipinski definition) is 1. The Labute approximate surface area is 188 Å². The van der Waals surface area contributed by atoms with E-state index in [1.165, 1.54) is 12.1 Å². The number of benzene rings is 3. The van der Waals surface area contributed by atoms with Crippen molar-refractivity contribution in [1.82, 2.24) is 5.16 Å². The summed E-state index contributed by atoms with van der Waals surface area (Å²) in [5.74, 6) is 1.23. The Morgan fingerprint density at radius 1 is 0.935 bits per heavy atom. The largest absolute Gasteiger partial charge is 0.495 e. The molecule has 4 aromatic rings. The molecule has 0 atom stereocenters. The Morgan fingerprint density at radius 3 is 2.13 bits per heavy atom. The third-order valence-corrected chi connectivity index (χ3v) is 6.82. The summed E-state index contributed by atoms with van der Waals surface area (Å²) in [5.41, 5.74) is 4.95. The highest BCUT2D eigenvalue weighted by molar-refractivity contribution is 9.10. The van der Waals surface area contributed by atoms with E-state index in [1.807, 2.05) is 49.4 Å². The molecule has 0 amide bonds. The van der Waals surface area contributed by atoms with Crippen LogP contribution in [0.4, 0.5) is 0 Å². The van der Waals surface area contributed by atoms with Gasteiger partial charge < -0.3 is 9.26 Å². The first kappa shape index (κ1) is 21.3. The number of nitrogens with two attached hydrogens (primary N) is 1. The van der Waals surface area contributed by atoms with Crippen molar-refractivity contribution in [2.45, 2.75) is 11.8 Å². The van der Waals surface area contributed by atoms with Crippen molar-refractivity contribution in [3.63, 3.8) is 0 Å². The maximum Gasteiger partial charge on any atom is 0.238 e. The molecule has 1 aromatic heterocycles. The number of nitrogens with zero attached hydrogens (tertiary/aromatic N) is 1. The van der Waals surface area contributed by atoms with Crippen LogP contribution < -0.4 is 9.88 Å². The van der Waals surface area contributed by atoms with Gasteiger partial charge in [-0.1, -0.05) is 47.6 Å². The van der Waals surface area contributed by atoms with E-state index in [0.29, 0.717) is 11.5 Å². The molecule has 0 fully saturated rings. The molecule has 2 N–H and O–H groups in total. The van der Waals surface area contributed by atoms with E-state index in [-0.39, 0.29) is 4.90 Å². The van der Waals surface area contributed by atoms with Crippen LogP contribution in [0.2, 0.25) is 0 Å². The van der Waals surface area contributed by atoms with Crippen LogP contribution in [0.25, 0.3) is 33.6 Å². The number of aromatic nitrogens is 1. The van der Waals surface area contributed by atoms with Gasteiger partial charge in [0.25, 0.3) is 0 Å². The first-order chi connectivity index (χ1) is 14.8. The number of hydrogen-bond acceptors (Lipinski definition) is 5. The quantitative estimate of drug-likeness (QED) is 0.397. The molecule has 6 nitrogen and oxygen atoms in total. The third kappa shape index (κ3) is 4.01.